The number of carboxylic acid groups (broad SMARTS) is 1. The fraction of sp³-hybridized carbons (Fsp3) is 0.176. The van der Waals surface area contributed by atoms with E-state index in [1.807, 2.05) is 0 Å². The van der Waals surface area contributed by atoms with Gasteiger partial charge in [0.05, 0.1) is 5.56 Å². The summed E-state index contributed by atoms with van der Waals surface area (Å²) in [6.07, 6.45) is 0.608. The number of rotatable bonds is 9. The van der Waals surface area contributed by atoms with Crippen LogP contribution in [0, 0.1) is 11.6 Å². The van der Waals surface area contributed by atoms with Gasteiger partial charge in [-0.3, -0.25) is 10.6 Å². The van der Waals surface area contributed by atoms with E-state index in [1.165, 1.54) is 36.5 Å². The number of aromatic nitrogens is 3. The number of amides is 3. The third-order valence-electron chi connectivity index (χ3n) is 6.68. The molecule has 14 heteroatoms. The van der Waals surface area contributed by atoms with Crippen LogP contribution in [0.5, 0.6) is 0 Å². The largest absolute Gasteiger partial charge is 0.480 e. The summed E-state index contributed by atoms with van der Waals surface area (Å²) in [7, 11) is 0. The van der Waals surface area contributed by atoms with Crippen LogP contribution in [0.25, 0.3) is 34.0 Å². The maximum Gasteiger partial charge on any atom is 0.412 e. The minimum Gasteiger partial charge on any atom is -0.480 e. The minimum atomic E-state index is -1.40. The second kappa shape index (κ2) is 14.1. The van der Waals surface area contributed by atoms with E-state index >= 15 is 4.39 Å². The molecule has 1 atom stereocenters. The van der Waals surface area contributed by atoms with Gasteiger partial charge in [-0.2, -0.15) is 4.98 Å². The standard InChI is InChI=1S/C34H30F2N6O6/c1-34(2,3)47-33(46)38-24-11-8-20(9-12-24)30-41-29(42-48-30)25-13-7-19(15-26(25)36)16-27(31(43)44)39-32(45)40-28-14-10-22(18-37-28)21-5-4-6-23(35)17-21/h4-15,17-18,27H,16H2,1-3H3,(H,38,46)(H,43,44)(H2,37,39,40,45). The maximum atomic E-state index is 15.2. The first-order valence-corrected chi connectivity index (χ1v) is 14.6. The highest BCUT2D eigenvalue weighted by Crippen LogP contribution is 2.26. The van der Waals surface area contributed by atoms with Gasteiger partial charge in [-0.05, 0) is 92.6 Å². The molecule has 12 nitrogen and oxygen atoms in total. The highest BCUT2D eigenvalue weighted by atomic mass is 19.1. The number of anilines is 2. The Hall–Kier alpha value is -6.18. The minimum absolute atomic E-state index is 0.0160. The molecule has 0 radical (unpaired) electrons. The fourth-order valence-electron chi connectivity index (χ4n) is 4.49. The topological polar surface area (TPSA) is 169 Å². The summed E-state index contributed by atoms with van der Waals surface area (Å²) in [5.41, 5.74) is 1.88. The van der Waals surface area contributed by atoms with Crippen molar-refractivity contribution in [2.45, 2.75) is 38.8 Å². The Morgan fingerprint density at radius 2 is 1.67 bits per heavy atom. The lowest BCUT2D eigenvalue weighted by atomic mass is 10.0. The van der Waals surface area contributed by atoms with Gasteiger partial charge in [0.1, 0.15) is 29.1 Å². The van der Waals surface area contributed by atoms with Gasteiger partial charge >= 0.3 is 18.1 Å². The van der Waals surface area contributed by atoms with Crippen LogP contribution in [0.4, 0.5) is 29.9 Å². The molecule has 0 saturated heterocycles. The molecule has 5 aromatic rings. The van der Waals surface area contributed by atoms with E-state index in [1.54, 1.807) is 63.2 Å². The zero-order chi connectivity index (χ0) is 34.4. The molecule has 4 N–H and O–H groups in total. The van der Waals surface area contributed by atoms with Crippen molar-refractivity contribution in [1.29, 1.82) is 0 Å². The molecule has 0 fully saturated rings. The number of ether oxygens (including phenoxy) is 1. The molecule has 1 unspecified atom stereocenters. The van der Waals surface area contributed by atoms with Crippen LogP contribution >= 0.6 is 0 Å². The highest BCUT2D eigenvalue weighted by Gasteiger charge is 2.23. The fourth-order valence-corrected chi connectivity index (χ4v) is 4.49. The Morgan fingerprint density at radius 1 is 0.917 bits per heavy atom. The molecule has 3 aromatic carbocycles. The molecule has 48 heavy (non-hydrogen) atoms. The van der Waals surface area contributed by atoms with Gasteiger partial charge in [0.25, 0.3) is 5.89 Å². The lowest BCUT2D eigenvalue weighted by Gasteiger charge is -2.19. The summed E-state index contributed by atoms with van der Waals surface area (Å²) < 4.78 is 39.2. The van der Waals surface area contributed by atoms with Crippen LogP contribution in [0.1, 0.15) is 26.3 Å². The van der Waals surface area contributed by atoms with E-state index < -0.39 is 41.4 Å². The average Bonchev–Trinajstić information content (AvgIpc) is 3.50. The van der Waals surface area contributed by atoms with E-state index in [2.05, 4.69) is 31.1 Å². The second-order valence-electron chi connectivity index (χ2n) is 11.6. The number of hydrogen-bond donors (Lipinski definition) is 4. The van der Waals surface area contributed by atoms with Crippen molar-refractivity contribution in [1.82, 2.24) is 20.4 Å². The van der Waals surface area contributed by atoms with Gasteiger partial charge in [-0.15, -0.1) is 0 Å². The first kappa shape index (κ1) is 33.2. The lowest BCUT2D eigenvalue weighted by Crippen LogP contribution is -2.44. The number of hydrogen-bond acceptors (Lipinski definition) is 8. The zero-order valence-corrected chi connectivity index (χ0v) is 26.0. The Kier molecular flexibility index (Phi) is 9.73. The zero-order valence-electron chi connectivity index (χ0n) is 26.0. The first-order chi connectivity index (χ1) is 22.8. The number of carbonyl (C=O) groups is 3. The molecule has 0 aliphatic heterocycles. The molecule has 0 bridgehead atoms. The lowest BCUT2D eigenvalue weighted by molar-refractivity contribution is -0.139. The van der Waals surface area contributed by atoms with Crippen molar-refractivity contribution in [3.8, 4) is 34.0 Å². The van der Waals surface area contributed by atoms with E-state index in [-0.39, 0.29) is 29.5 Å². The number of nitrogens with zero attached hydrogens (tertiary/aromatic N) is 3. The van der Waals surface area contributed by atoms with Crippen molar-refractivity contribution < 1.29 is 37.5 Å². The summed E-state index contributed by atoms with van der Waals surface area (Å²) in [6, 6.07) is 17.3. The summed E-state index contributed by atoms with van der Waals surface area (Å²) >= 11 is 0. The van der Waals surface area contributed by atoms with Gasteiger partial charge < -0.3 is 19.7 Å². The maximum absolute atomic E-state index is 15.2. The van der Waals surface area contributed by atoms with E-state index in [9.17, 15) is 23.9 Å². The molecule has 0 saturated carbocycles. The van der Waals surface area contributed by atoms with Crippen LogP contribution in [-0.4, -0.2) is 50.0 Å². The van der Waals surface area contributed by atoms with Gasteiger partial charge in [0.15, 0.2) is 0 Å². The van der Waals surface area contributed by atoms with E-state index in [0.29, 0.717) is 27.9 Å². The molecule has 246 valence electrons. The summed E-state index contributed by atoms with van der Waals surface area (Å²) in [6.45, 7) is 5.26. The molecule has 3 amide bonds. The van der Waals surface area contributed by atoms with Crippen LogP contribution in [0.15, 0.2) is 89.6 Å². The average molecular weight is 657 g/mol. The Balaban J connectivity index is 1.19. The molecule has 0 spiro atoms. The molecule has 0 aliphatic carbocycles. The Bertz CT molecular complexity index is 1940. The Labute approximate surface area is 273 Å². The molecule has 2 heterocycles. The van der Waals surface area contributed by atoms with Gasteiger partial charge in [0, 0.05) is 29.4 Å². The quantitative estimate of drug-likeness (QED) is 0.132. The first-order valence-electron chi connectivity index (χ1n) is 14.6. The van der Waals surface area contributed by atoms with Crippen molar-refractivity contribution in [2.75, 3.05) is 10.6 Å². The number of carboxylic acids is 1. The predicted molar refractivity (Wildman–Crippen MR) is 172 cm³/mol. The van der Waals surface area contributed by atoms with Crippen LogP contribution < -0.4 is 16.0 Å². The monoisotopic (exact) mass is 656 g/mol. The van der Waals surface area contributed by atoms with Crippen molar-refractivity contribution in [2.24, 2.45) is 0 Å². The smallest absolute Gasteiger partial charge is 0.412 e. The van der Waals surface area contributed by atoms with Crippen LogP contribution in [0.3, 0.4) is 0 Å². The number of pyridine rings is 1. The number of halogens is 2. The van der Waals surface area contributed by atoms with E-state index in [0.717, 1.165) is 6.07 Å². The molecule has 0 aliphatic rings. The van der Waals surface area contributed by atoms with Gasteiger partial charge in [-0.25, -0.2) is 28.1 Å². The van der Waals surface area contributed by atoms with E-state index in [4.69, 9.17) is 9.26 Å². The van der Waals surface area contributed by atoms with Gasteiger partial charge in [-0.1, -0.05) is 23.4 Å². The van der Waals surface area contributed by atoms with Gasteiger partial charge in [0.2, 0.25) is 5.82 Å². The predicted octanol–water partition coefficient (Wildman–Crippen LogP) is 6.91. The number of urea groups is 1. The highest BCUT2D eigenvalue weighted by molar-refractivity contribution is 5.91. The molecular formula is C34H30F2N6O6. The third kappa shape index (κ3) is 8.75. The number of aliphatic carboxylic acids is 1. The normalized spacial score (nSPS) is 11.8. The Morgan fingerprint density at radius 3 is 2.31 bits per heavy atom. The second-order valence-corrected chi connectivity index (χ2v) is 11.6. The summed E-state index contributed by atoms with van der Waals surface area (Å²) in [4.78, 5) is 44.9. The van der Waals surface area contributed by atoms with Crippen molar-refractivity contribution >= 4 is 29.6 Å². The number of benzene rings is 3. The van der Waals surface area contributed by atoms with Crippen molar-refractivity contribution in [3.63, 3.8) is 0 Å². The molecule has 5 rings (SSSR count). The van der Waals surface area contributed by atoms with Crippen LogP contribution in [0.2, 0.25) is 0 Å². The van der Waals surface area contributed by atoms with Crippen LogP contribution in [-0.2, 0) is 16.0 Å². The van der Waals surface area contributed by atoms with Crippen molar-refractivity contribution in [3.05, 3.63) is 102 Å². The molecular weight excluding hydrogens is 626 g/mol. The SMILES string of the molecule is CC(C)(C)OC(=O)Nc1ccc(-c2nc(-c3ccc(CC(NC(=O)Nc4ccc(-c5cccc(F)c5)cn4)C(=O)O)cc3F)no2)cc1. The number of nitrogens with one attached hydrogen (secondary N) is 3. The molecule has 2 aromatic heterocycles. The third-order valence-corrected chi connectivity index (χ3v) is 6.68. The number of carbonyl (C=O) groups excluding carboxylic acids is 2. The summed E-state index contributed by atoms with van der Waals surface area (Å²) in [5, 5.41) is 21.0. The summed E-state index contributed by atoms with van der Waals surface area (Å²) in [5.74, 6) is -2.25.